The lowest BCUT2D eigenvalue weighted by Crippen LogP contribution is -2.23. The molecular weight excluding hydrogens is 368 g/mol. The number of aromatic nitrogens is 3. The Labute approximate surface area is 166 Å². The highest BCUT2D eigenvalue weighted by atomic mass is 16.5. The Kier molecular flexibility index (Phi) is 3.94. The summed E-state index contributed by atoms with van der Waals surface area (Å²) < 4.78 is 5.26. The van der Waals surface area contributed by atoms with Gasteiger partial charge in [0.1, 0.15) is 11.0 Å². The first-order chi connectivity index (χ1) is 14.1. The molecule has 0 aliphatic carbocycles. The summed E-state index contributed by atoms with van der Waals surface area (Å²) in [5.74, 6) is 0.141. The van der Waals surface area contributed by atoms with Crippen molar-refractivity contribution in [2.24, 2.45) is 0 Å². The summed E-state index contributed by atoms with van der Waals surface area (Å²) in [7, 11) is 1.50. The van der Waals surface area contributed by atoms with Gasteiger partial charge in [0.05, 0.1) is 12.8 Å². The molecule has 2 heterocycles. The van der Waals surface area contributed by atoms with Crippen molar-refractivity contribution in [3.63, 3.8) is 0 Å². The molecule has 0 fully saturated rings. The van der Waals surface area contributed by atoms with Crippen molar-refractivity contribution in [3.8, 4) is 17.2 Å². The van der Waals surface area contributed by atoms with Gasteiger partial charge >= 0.3 is 0 Å². The summed E-state index contributed by atoms with van der Waals surface area (Å²) in [6.07, 6.45) is 0.276. The number of amides is 1. The molecule has 1 aromatic heterocycles. The maximum Gasteiger partial charge on any atom is 0.225 e. The number of hydrogen-bond donors (Lipinski definition) is 2. The van der Waals surface area contributed by atoms with Crippen LogP contribution in [0.25, 0.3) is 16.7 Å². The Bertz CT molecular complexity index is 1230. The van der Waals surface area contributed by atoms with E-state index in [-0.39, 0.29) is 24.0 Å². The van der Waals surface area contributed by atoms with E-state index >= 15 is 0 Å². The molecule has 2 N–H and O–H groups in total. The van der Waals surface area contributed by atoms with Gasteiger partial charge in [-0.2, -0.15) is 4.80 Å². The lowest BCUT2D eigenvalue weighted by Gasteiger charge is -2.26. The molecule has 1 atom stereocenters. The van der Waals surface area contributed by atoms with E-state index in [1.807, 2.05) is 48.5 Å². The first-order valence-corrected chi connectivity index (χ1v) is 9.26. The van der Waals surface area contributed by atoms with Gasteiger partial charge in [0.2, 0.25) is 5.91 Å². The number of anilines is 1. The zero-order valence-corrected chi connectivity index (χ0v) is 15.7. The van der Waals surface area contributed by atoms with E-state index < -0.39 is 0 Å². The van der Waals surface area contributed by atoms with Crippen LogP contribution in [0, 0.1) is 0 Å². The number of carbonyl (C=O) groups excluding carboxylic acids is 1. The van der Waals surface area contributed by atoms with Crippen molar-refractivity contribution in [1.29, 1.82) is 0 Å². The maximum absolute atomic E-state index is 12.4. The van der Waals surface area contributed by atoms with Crippen LogP contribution in [0.5, 0.6) is 11.5 Å². The number of para-hydroxylation sites is 1. The lowest BCUT2D eigenvalue weighted by molar-refractivity contribution is -0.116. The second-order valence-corrected chi connectivity index (χ2v) is 6.96. The van der Waals surface area contributed by atoms with E-state index in [1.165, 1.54) is 7.11 Å². The smallest absolute Gasteiger partial charge is 0.225 e. The summed E-state index contributed by atoms with van der Waals surface area (Å²) in [4.78, 5) is 14.0. The Morgan fingerprint density at radius 3 is 2.72 bits per heavy atom. The Morgan fingerprint density at radius 2 is 1.93 bits per heavy atom. The third-order valence-corrected chi connectivity index (χ3v) is 5.20. The molecule has 1 aliphatic rings. The number of carbonyl (C=O) groups is 1. The molecule has 1 amide bonds. The highest BCUT2D eigenvalue weighted by Gasteiger charge is 2.30. The van der Waals surface area contributed by atoms with Gasteiger partial charge in [-0.05, 0) is 42.0 Å². The lowest BCUT2D eigenvalue weighted by atomic mass is 9.84. The van der Waals surface area contributed by atoms with Gasteiger partial charge in [-0.25, -0.2) is 0 Å². The molecule has 7 heteroatoms. The van der Waals surface area contributed by atoms with E-state index in [0.717, 1.165) is 33.5 Å². The maximum atomic E-state index is 12.4. The summed E-state index contributed by atoms with van der Waals surface area (Å²) >= 11 is 0. The molecule has 1 aliphatic heterocycles. The van der Waals surface area contributed by atoms with Crippen LogP contribution >= 0.6 is 0 Å². The molecule has 3 aromatic carbocycles. The van der Waals surface area contributed by atoms with Crippen molar-refractivity contribution < 1.29 is 14.6 Å². The monoisotopic (exact) mass is 386 g/mol. The minimum atomic E-state index is -0.224. The molecular formula is C22H18N4O3. The van der Waals surface area contributed by atoms with Gasteiger partial charge in [0.25, 0.3) is 0 Å². The minimum absolute atomic E-state index is 0.0602. The minimum Gasteiger partial charge on any atom is -0.504 e. The SMILES string of the molecule is COc1cc([C@@H]2CC(=O)Nc3ccc4nn(-c5ccccc5)nc4c32)ccc1O. The van der Waals surface area contributed by atoms with Crippen LogP contribution in [0.15, 0.2) is 60.7 Å². The summed E-state index contributed by atoms with van der Waals surface area (Å²) in [5, 5.41) is 22.2. The number of nitrogens with one attached hydrogen (secondary N) is 1. The van der Waals surface area contributed by atoms with Crippen LogP contribution in [-0.2, 0) is 4.79 Å². The number of benzene rings is 3. The number of fused-ring (bicyclic) bond motifs is 3. The van der Waals surface area contributed by atoms with E-state index in [2.05, 4.69) is 10.4 Å². The first-order valence-electron chi connectivity index (χ1n) is 9.26. The Hall–Kier alpha value is -3.87. The fourth-order valence-corrected chi connectivity index (χ4v) is 3.82. The second-order valence-electron chi connectivity index (χ2n) is 6.96. The number of ether oxygens (including phenoxy) is 1. The van der Waals surface area contributed by atoms with Gasteiger partial charge in [0.15, 0.2) is 11.5 Å². The number of methoxy groups -OCH3 is 1. The zero-order valence-electron chi connectivity index (χ0n) is 15.7. The first kappa shape index (κ1) is 17.2. The summed E-state index contributed by atoms with van der Waals surface area (Å²) in [6.45, 7) is 0. The highest BCUT2D eigenvalue weighted by Crippen LogP contribution is 2.42. The van der Waals surface area contributed by atoms with Crippen molar-refractivity contribution in [1.82, 2.24) is 15.0 Å². The highest BCUT2D eigenvalue weighted by molar-refractivity contribution is 5.99. The third kappa shape index (κ3) is 2.87. The van der Waals surface area contributed by atoms with Crippen LogP contribution < -0.4 is 10.1 Å². The predicted octanol–water partition coefficient (Wildman–Crippen LogP) is 3.61. The number of hydrogen-bond acceptors (Lipinski definition) is 5. The Morgan fingerprint density at radius 1 is 1.10 bits per heavy atom. The number of phenolic OH excluding ortho intramolecular Hbond substituents is 1. The molecule has 5 rings (SSSR count). The van der Waals surface area contributed by atoms with Crippen LogP contribution in [0.3, 0.4) is 0 Å². The molecule has 0 saturated carbocycles. The van der Waals surface area contributed by atoms with E-state index in [1.54, 1.807) is 16.9 Å². The molecule has 0 bridgehead atoms. The molecule has 0 saturated heterocycles. The second kappa shape index (κ2) is 6.63. The van der Waals surface area contributed by atoms with Crippen molar-refractivity contribution >= 4 is 22.6 Å². The van der Waals surface area contributed by atoms with Gasteiger partial charge in [-0.3, -0.25) is 4.79 Å². The largest absolute Gasteiger partial charge is 0.504 e. The fraction of sp³-hybridized carbons (Fsp3) is 0.136. The third-order valence-electron chi connectivity index (χ3n) is 5.20. The number of rotatable bonds is 3. The van der Waals surface area contributed by atoms with E-state index in [4.69, 9.17) is 9.84 Å². The van der Waals surface area contributed by atoms with E-state index in [0.29, 0.717) is 5.75 Å². The van der Waals surface area contributed by atoms with Crippen molar-refractivity contribution in [2.75, 3.05) is 12.4 Å². The molecule has 0 unspecified atom stereocenters. The average Bonchev–Trinajstić information content (AvgIpc) is 3.18. The van der Waals surface area contributed by atoms with Gasteiger partial charge in [-0.15, -0.1) is 10.2 Å². The molecule has 7 nitrogen and oxygen atoms in total. The molecule has 144 valence electrons. The fourth-order valence-electron chi connectivity index (χ4n) is 3.82. The summed E-state index contributed by atoms with van der Waals surface area (Å²) in [6, 6.07) is 18.6. The molecule has 0 radical (unpaired) electrons. The normalized spacial score (nSPS) is 15.8. The van der Waals surface area contributed by atoms with Crippen LogP contribution in [0.1, 0.15) is 23.5 Å². The van der Waals surface area contributed by atoms with Crippen LogP contribution in [0.4, 0.5) is 5.69 Å². The quantitative estimate of drug-likeness (QED) is 0.561. The number of phenols is 1. The predicted molar refractivity (Wildman–Crippen MR) is 109 cm³/mol. The van der Waals surface area contributed by atoms with Gasteiger partial charge in [-0.1, -0.05) is 24.3 Å². The Balaban J connectivity index is 1.71. The molecule has 0 spiro atoms. The van der Waals surface area contributed by atoms with E-state index in [9.17, 15) is 9.90 Å². The van der Waals surface area contributed by atoms with Crippen molar-refractivity contribution in [3.05, 3.63) is 71.8 Å². The van der Waals surface area contributed by atoms with Crippen LogP contribution in [-0.4, -0.2) is 33.1 Å². The number of aromatic hydroxyl groups is 1. The average molecular weight is 386 g/mol. The number of nitrogens with zero attached hydrogens (tertiary/aromatic N) is 3. The van der Waals surface area contributed by atoms with Crippen LogP contribution in [0.2, 0.25) is 0 Å². The van der Waals surface area contributed by atoms with Crippen molar-refractivity contribution in [2.45, 2.75) is 12.3 Å². The van der Waals surface area contributed by atoms with Gasteiger partial charge in [0, 0.05) is 23.6 Å². The molecule has 29 heavy (non-hydrogen) atoms. The zero-order chi connectivity index (χ0) is 20.0. The molecule has 4 aromatic rings. The topological polar surface area (TPSA) is 89.3 Å². The van der Waals surface area contributed by atoms with Gasteiger partial charge < -0.3 is 15.2 Å². The standard InChI is InChI=1S/C22H18N4O3/c1-29-19-11-13(7-10-18(19)27)15-12-20(28)23-16-8-9-17-22(21(15)16)25-26(24-17)14-5-3-2-4-6-14/h2-11,15,27H,12H2,1H3,(H,23,28)/t15-/m0/s1. The summed E-state index contributed by atoms with van der Waals surface area (Å²) in [5.41, 5.74) is 4.86.